The van der Waals surface area contributed by atoms with Gasteiger partial charge in [0, 0.05) is 16.6 Å². The third-order valence-corrected chi connectivity index (χ3v) is 4.31. The van der Waals surface area contributed by atoms with Crippen molar-refractivity contribution in [2.45, 2.75) is 25.0 Å². The quantitative estimate of drug-likeness (QED) is 0.857. The molecule has 1 fully saturated rings. The normalized spacial score (nSPS) is 21.8. The number of ether oxygens (including phenoxy) is 1. The maximum atomic E-state index is 14.1. The Bertz CT molecular complexity index is 410. The lowest BCUT2D eigenvalue weighted by Crippen LogP contribution is -2.29. The average Bonchev–Trinajstić information content (AvgIpc) is 2.84. The molecule has 17 heavy (non-hydrogen) atoms. The van der Waals surface area contributed by atoms with Crippen molar-refractivity contribution in [3.05, 3.63) is 33.0 Å². The van der Waals surface area contributed by atoms with Gasteiger partial charge in [-0.1, -0.05) is 17.7 Å². The summed E-state index contributed by atoms with van der Waals surface area (Å²) >= 11 is 9.11. The van der Waals surface area contributed by atoms with Crippen molar-refractivity contribution in [3.8, 4) is 0 Å². The lowest BCUT2D eigenvalue weighted by molar-refractivity contribution is 0.0796. The largest absolute Gasteiger partial charge is 0.376 e. The number of rotatable bonds is 3. The topological polar surface area (TPSA) is 21.3 Å². The molecule has 1 N–H and O–H groups in total. The number of nitrogens with one attached hydrogen (secondary N) is 1. The van der Waals surface area contributed by atoms with Gasteiger partial charge in [-0.05, 0) is 41.9 Å². The molecule has 1 aliphatic rings. The summed E-state index contributed by atoms with van der Waals surface area (Å²) in [5, 5.41) is 3.23. The van der Waals surface area contributed by atoms with Crippen molar-refractivity contribution in [3.63, 3.8) is 0 Å². The van der Waals surface area contributed by atoms with Gasteiger partial charge in [0.2, 0.25) is 0 Å². The van der Waals surface area contributed by atoms with E-state index in [4.69, 9.17) is 16.3 Å². The van der Waals surface area contributed by atoms with Gasteiger partial charge in [0.15, 0.2) is 0 Å². The molecule has 0 radical (unpaired) electrons. The zero-order chi connectivity index (χ0) is 12.4. The third-order valence-electron chi connectivity index (χ3n) is 3.05. The molecule has 1 saturated heterocycles. The first kappa shape index (κ1) is 13.3. The number of hydrogen-bond acceptors (Lipinski definition) is 2. The van der Waals surface area contributed by atoms with Gasteiger partial charge in [0.1, 0.15) is 5.82 Å². The zero-order valence-corrected chi connectivity index (χ0v) is 11.8. The molecule has 1 aromatic carbocycles. The van der Waals surface area contributed by atoms with Crippen molar-refractivity contribution in [1.82, 2.24) is 5.32 Å². The van der Waals surface area contributed by atoms with E-state index in [1.165, 1.54) is 0 Å². The van der Waals surface area contributed by atoms with Gasteiger partial charge in [-0.15, -0.1) is 0 Å². The minimum absolute atomic E-state index is 0.0201. The van der Waals surface area contributed by atoms with Crippen molar-refractivity contribution < 1.29 is 9.13 Å². The molecule has 0 aromatic heterocycles. The van der Waals surface area contributed by atoms with E-state index in [0.29, 0.717) is 10.0 Å². The molecule has 0 saturated carbocycles. The highest BCUT2D eigenvalue weighted by Gasteiger charge is 2.29. The fourth-order valence-electron chi connectivity index (χ4n) is 2.19. The Balaban J connectivity index is 2.33. The second kappa shape index (κ2) is 5.65. The van der Waals surface area contributed by atoms with Gasteiger partial charge in [-0.25, -0.2) is 4.39 Å². The van der Waals surface area contributed by atoms with Gasteiger partial charge in [-0.3, -0.25) is 0 Å². The Morgan fingerprint density at radius 1 is 1.59 bits per heavy atom. The first-order valence-electron chi connectivity index (χ1n) is 5.57. The molecule has 2 atom stereocenters. The molecular weight excluding hydrogens is 308 g/mol. The molecule has 0 aliphatic carbocycles. The molecule has 94 valence electrons. The lowest BCUT2D eigenvalue weighted by Gasteiger charge is -2.23. The van der Waals surface area contributed by atoms with E-state index in [-0.39, 0.29) is 23.0 Å². The average molecular weight is 323 g/mol. The zero-order valence-electron chi connectivity index (χ0n) is 9.47. The van der Waals surface area contributed by atoms with Crippen LogP contribution in [0.1, 0.15) is 24.4 Å². The fourth-order valence-corrected chi connectivity index (χ4v) is 2.67. The number of hydrogen-bond donors (Lipinski definition) is 1. The van der Waals surface area contributed by atoms with Crippen molar-refractivity contribution in [2.24, 2.45) is 0 Å². The number of halogens is 3. The first-order chi connectivity index (χ1) is 8.15. The number of benzene rings is 1. The van der Waals surface area contributed by atoms with Crippen molar-refractivity contribution in [1.29, 1.82) is 0 Å². The molecule has 5 heteroatoms. The predicted octanol–water partition coefficient (Wildman–Crippen LogP) is 3.68. The van der Waals surface area contributed by atoms with Gasteiger partial charge in [0.25, 0.3) is 0 Å². The molecule has 0 bridgehead atoms. The van der Waals surface area contributed by atoms with Crippen LogP contribution in [-0.2, 0) is 4.74 Å². The van der Waals surface area contributed by atoms with Crippen LogP contribution in [0, 0.1) is 5.82 Å². The third kappa shape index (κ3) is 2.65. The van der Waals surface area contributed by atoms with Gasteiger partial charge < -0.3 is 10.1 Å². The fraction of sp³-hybridized carbons (Fsp3) is 0.500. The molecule has 2 unspecified atom stereocenters. The SMILES string of the molecule is CNC(c1ccc(Br)c(Cl)c1F)C1CCCO1. The summed E-state index contributed by atoms with van der Waals surface area (Å²) in [4.78, 5) is 0. The van der Waals surface area contributed by atoms with E-state index in [1.54, 1.807) is 12.1 Å². The summed E-state index contributed by atoms with van der Waals surface area (Å²) < 4.78 is 20.3. The summed E-state index contributed by atoms with van der Waals surface area (Å²) in [6, 6.07) is 3.36. The lowest BCUT2D eigenvalue weighted by atomic mass is 9.99. The van der Waals surface area contributed by atoms with E-state index >= 15 is 0 Å². The van der Waals surface area contributed by atoms with E-state index < -0.39 is 0 Å². The highest BCUT2D eigenvalue weighted by molar-refractivity contribution is 9.10. The summed E-state index contributed by atoms with van der Waals surface area (Å²) in [5.41, 5.74) is 0.563. The van der Waals surface area contributed by atoms with Crippen LogP contribution in [0.3, 0.4) is 0 Å². The van der Waals surface area contributed by atoms with Crippen LogP contribution < -0.4 is 5.32 Å². The molecular formula is C12H14BrClFNO. The summed E-state index contributed by atoms with van der Waals surface area (Å²) in [5.74, 6) is -0.379. The molecule has 1 heterocycles. The van der Waals surface area contributed by atoms with Gasteiger partial charge in [0.05, 0.1) is 17.2 Å². The minimum Gasteiger partial charge on any atom is -0.376 e. The molecule has 2 rings (SSSR count). The Morgan fingerprint density at radius 3 is 2.94 bits per heavy atom. The van der Waals surface area contributed by atoms with Crippen molar-refractivity contribution >= 4 is 27.5 Å². The molecule has 1 aromatic rings. The minimum atomic E-state index is -0.379. The van der Waals surface area contributed by atoms with Crippen LogP contribution in [0.5, 0.6) is 0 Å². The summed E-state index contributed by atoms with van der Waals surface area (Å²) in [6.07, 6.45) is 1.99. The van der Waals surface area contributed by atoms with E-state index in [9.17, 15) is 4.39 Å². The van der Waals surface area contributed by atoms with E-state index in [0.717, 1.165) is 19.4 Å². The molecule has 2 nitrogen and oxygen atoms in total. The standard InChI is InChI=1S/C12H14BrClFNO/c1-16-12(9-3-2-6-17-9)7-4-5-8(13)10(14)11(7)15/h4-5,9,12,16H,2-3,6H2,1H3. The first-order valence-corrected chi connectivity index (χ1v) is 6.74. The van der Waals surface area contributed by atoms with Gasteiger partial charge in [-0.2, -0.15) is 0 Å². The van der Waals surface area contributed by atoms with Crippen LogP contribution in [0.25, 0.3) is 0 Å². The van der Waals surface area contributed by atoms with E-state index in [1.807, 2.05) is 7.05 Å². The second-order valence-corrected chi connectivity index (χ2v) is 5.31. The Kier molecular flexibility index (Phi) is 4.42. The Hall–Kier alpha value is -0.160. The molecule has 0 amide bonds. The van der Waals surface area contributed by atoms with Crippen LogP contribution in [0.2, 0.25) is 5.02 Å². The smallest absolute Gasteiger partial charge is 0.147 e. The Morgan fingerprint density at radius 2 is 2.35 bits per heavy atom. The Labute approximate surface area is 114 Å². The van der Waals surface area contributed by atoms with Crippen LogP contribution in [-0.4, -0.2) is 19.8 Å². The number of likely N-dealkylation sites (N-methyl/N-ethyl adjacent to an activating group) is 1. The summed E-state index contributed by atoms with van der Waals surface area (Å²) in [6.45, 7) is 0.745. The molecule has 1 aliphatic heterocycles. The van der Waals surface area contributed by atoms with E-state index in [2.05, 4.69) is 21.2 Å². The van der Waals surface area contributed by atoms with Crippen LogP contribution >= 0.6 is 27.5 Å². The monoisotopic (exact) mass is 321 g/mol. The maximum absolute atomic E-state index is 14.1. The second-order valence-electron chi connectivity index (χ2n) is 4.08. The summed E-state index contributed by atoms with van der Waals surface area (Å²) in [7, 11) is 1.81. The predicted molar refractivity (Wildman–Crippen MR) is 69.9 cm³/mol. The van der Waals surface area contributed by atoms with Gasteiger partial charge >= 0.3 is 0 Å². The maximum Gasteiger partial charge on any atom is 0.147 e. The highest BCUT2D eigenvalue weighted by atomic mass is 79.9. The molecule has 0 spiro atoms. The van der Waals surface area contributed by atoms with Crippen molar-refractivity contribution in [2.75, 3.05) is 13.7 Å². The van der Waals surface area contributed by atoms with Crippen LogP contribution in [0.15, 0.2) is 16.6 Å². The van der Waals surface area contributed by atoms with Crippen LogP contribution in [0.4, 0.5) is 4.39 Å². The highest BCUT2D eigenvalue weighted by Crippen LogP contribution is 2.34.